The Bertz CT molecular complexity index is 722. The molecule has 3 rings (SSSR count). The molecule has 0 aliphatic carbocycles. The third kappa shape index (κ3) is 3.19. The van der Waals surface area contributed by atoms with E-state index in [9.17, 15) is 9.59 Å². The first-order valence-corrected chi connectivity index (χ1v) is 8.29. The van der Waals surface area contributed by atoms with Crippen LogP contribution in [0.15, 0.2) is 29.6 Å². The second-order valence-corrected chi connectivity index (χ2v) is 6.36. The maximum Gasteiger partial charge on any atom is 0.274 e. The summed E-state index contributed by atoms with van der Waals surface area (Å²) in [5.41, 5.74) is 7.37. The van der Waals surface area contributed by atoms with Gasteiger partial charge >= 0.3 is 0 Å². The molecule has 23 heavy (non-hydrogen) atoms. The van der Waals surface area contributed by atoms with Gasteiger partial charge in [-0.25, -0.2) is 4.98 Å². The number of aromatic nitrogens is 1. The summed E-state index contributed by atoms with van der Waals surface area (Å²) in [4.78, 5) is 33.0. The summed E-state index contributed by atoms with van der Waals surface area (Å²) < 4.78 is 0. The number of carbonyl (C=O) groups excluding carboxylic acids is 2. The Kier molecular flexibility index (Phi) is 4.29. The molecule has 0 saturated carbocycles. The fourth-order valence-corrected chi connectivity index (χ4v) is 3.27. The Balaban J connectivity index is 1.80. The highest BCUT2D eigenvalue weighted by molar-refractivity contribution is 7.13. The molecular formula is C16H18N4O2S. The van der Waals surface area contributed by atoms with Crippen LogP contribution in [0.4, 0.5) is 5.69 Å². The van der Waals surface area contributed by atoms with Crippen LogP contribution in [0.1, 0.15) is 17.4 Å². The standard InChI is InChI=1S/C16H18N4O2S/c1-11(21)19-6-8-20(9-7-19)16(22)15-12(17)4-5-13(18-15)14-3-2-10-23-14/h2-5,10H,6-9,17H2,1H3. The maximum atomic E-state index is 12.7. The number of anilines is 1. The van der Waals surface area contributed by atoms with Crippen molar-refractivity contribution in [2.24, 2.45) is 0 Å². The van der Waals surface area contributed by atoms with E-state index in [1.807, 2.05) is 23.6 Å². The minimum atomic E-state index is -0.177. The third-order valence-electron chi connectivity index (χ3n) is 3.91. The number of piperazine rings is 1. The van der Waals surface area contributed by atoms with Crippen LogP contribution in [-0.4, -0.2) is 52.8 Å². The van der Waals surface area contributed by atoms with Crippen molar-refractivity contribution in [2.45, 2.75) is 6.92 Å². The average Bonchev–Trinajstić information content (AvgIpc) is 3.09. The molecule has 0 unspecified atom stereocenters. The number of amides is 2. The van der Waals surface area contributed by atoms with E-state index in [0.29, 0.717) is 31.9 Å². The van der Waals surface area contributed by atoms with Crippen LogP contribution in [0.5, 0.6) is 0 Å². The molecule has 2 amide bonds. The Morgan fingerprint density at radius 3 is 2.43 bits per heavy atom. The molecule has 120 valence electrons. The molecule has 0 radical (unpaired) electrons. The molecule has 6 nitrogen and oxygen atoms in total. The molecule has 2 aromatic rings. The summed E-state index contributed by atoms with van der Waals surface area (Å²) in [5, 5.41) is 1.97. The number of thiophene rings is 1. The average molecular weight is 330 g/mol. The summed E-state index contributed by atoms with van der Waals surface area (Å²) in [5.74, 6) is -0.140. The summed E-state index contributed by atoms with van der Waals surface area (Å²) in [6.45, 7) is 3.64. The molecule has 7 heteroatoms. The number of nitrogen functional groups attached to an aromatic ring is 1. The van der Waals surface area contributed by atoms with E-state index >= 15 is 0 Å². The van der Waals surface area contributed by atoms with Crippen LogP contribution in [0.25, 0.3) is 10.6 Å². The van der Waals surface area contributed by atoms with Crippen LogP contribution in [0.2, 0.25) is 0 Å². The van der Waals surface area contributed by atoms with Gasteiger partial charge < -0.3 is 15.5 Å². The molecular weight excluding hydrogens is 312 g/mol. The second kappa shape index (κ2) is 6.37. The van der Waals surface area contributed by atoms with Gasteiger partial charge in [0.1, 0.15) is 0 Å². The van der Waals surface area contributed by atoms with E-state index in [1.54, 1.807) is 34.1 Å². The van der Waals surface area contributed by atoms with Gasteiger partial charge in [0.05, 0.1) is 16.3 Å². The smallest absolute Gasteiger partial charge is 0.274 e. The summed E-state index contributed by atoms with van der Waals surface area (Å²) in [6, 6.07) is 7.45. The highest BCUT2D eigenvalue weighted by Crippen LogP contribution is 2.25. The van der Waals surface area contributed by atoms with Crippen LogP contribution < -0.4 is 5.73 Å². The topological polar surface area (TPSA) is 79.5 Å². The van der Waals surface area contributed by atoms with Crippen molar-refractivity contribution in [1.82, 2.24) is 14.8 Å². The zero-order chi connectivity index (χ0) is 16.4. The molecule has 0 atom stereocenters. The van der Waals surface area contributed by atoms with Gasteiger partial charge in [-0.3, -0.25) is 9.59 Å². The Morgan fingerprint density at radius 1 is 1.13 bits per heavy atom. The lowest BCUT2D eigenvalue weighted by Gasteiger charge is -2.34. The molecule has 1 saturated heterocycles. The SMILES string of the molecule is CC(=O)N1CCN(C(=O)c2nc(-c3cccs3)ccc2N)CC1. The Labute approximate surface area is 138 Å². The quantitative estimate of drug-likeness (QED) is 0.909. The maximum absolute atomic E-state index is 12.7. The minimum Gasteiger partial charge on any atom is -0.397 e. The molecule has 0 aromatic carbocycles. The molecule has 3 heterocycles. The highest BCUT2D eigenvalue weighted by atomic mass is 32.1. The lowest BCUT2D eigenvalue weighted by molar-refractivity contribution is -0.130. The fourth-order valence-electron chi connectivity index (χ4n) is 2.58. The number of rotatable bonds is 2. The number of hydrogen-bond acceptors (Lipinski definition) is 5. The van der Waals surface area contributed by atoms with E-state index in [1.165, 1.54) is 0 Å². The Morgan fingerprint density at radius 2 is 1.83 bits per heavy atom. The number of pyridine rings is 1. The largest absolute Gasteiger partial charge is 0.397 e. The first-order valence-electron chi connectivity index (χ1n) is 7.41. The van der Waals surface area contributed by atoms with Gasteiger partial charge in [-0.15, -0.1) is 11.3 Å². The summed E-state index contributed by atoms with van der Waals surface area (Å²) in [7, 11) is 0. The van der Waals surface area contributed by atoms with Gasteiger partial charge in [-0.1, -0.05) is 6.07 Å². The second-order valence-electron chi connectivity index (χ2n) is 5.41. The van der Waals surface area contributed by atoms with Crippen molar-refractivity contribution in [3.63, 3.8) is 0 Å². The van der Waals surface area contributed by atoms with Gasteiger partial charge in [0.15, 0.2) is 5.69 Å². The van der Waals surface area contributed by atoms with E-state index in [4.69, 9.17) is 5.73 Å². The van der Waals surface area contributed by atoms with E-state index in [-0.39, 0.29) is 17.5 Å². The first kappa shape index (κ1) is 15.5. The normalized spacial score (nSPS) is 14.8. The zero-order valence-corrected chi connectivity index (χ0v) is 13.7. The van der Waals surface area contributed by atoms with Crippen molar-refractivity contribution < 1.29 is 9.59 Å². The van der Waals surface area contributed by atoms with Crippen molar-refractivity contribution in [1.29, 1.82) is 0 Å². The van der Waals surface area contributed by atoms with Gasteiger partial charge in [0.2, 0.25) is 5.91 Å². The lowest BCUT2D eigenvalue weighted by Crippen LogP contribution is -2.50. The van der Waals surface area contributed by atoms with Gasteiger partial charge in [0.25, 0.3) is 5.91 Å². The number of carbonyl (C=O) groups is 2. The molecule has 2 N–H and O–H groups in total. The van der Waals surface area contributed by atoms with Crippen LogP contribution in [-0.2, 0) is 4.79 Å². The van der Waals surface area contributed by atoms with Gasteiger partial charge in [0, 0.05) is 33.1 Å². The lowest BCUT2D eigenvalue weighted by atomic mass is 10.2. The van der Waals surface area contributed by atoms with E-state index in [0.717, 1.165) is 10.6 Å². The zero-order valence-electron chi connectivity index (χ0n) is 12.9. The van der Waals surface area contributed by atoms with Crippen LogP contribution >= 0.6 is 11.3 Å². The van der Waals surface area contributed by atoms with Crippen molar-refractivity contribution >= 4 is 28.8 Å². The molecule has 2 aromatic heterocycles. The van der Waals surface area contributed by atoms with E-state index < -0.39 is 0 Å². The third-order valence-corrected chi connectivity index (χ3v) is 4.81. The first-order chi connectivity index (χ1) is 11.1. The number of hydrogen-bond donors (Lipinski definition) is 1. The highest BCUT2D eigenvalue weighted by Gasteiger charge is 2.25. The molecule has 0 spiro atoms. The van der Waals surface area contributed by atoms with Crippen LogP contribution in [0.3, 0.4) is 0 Å². The molecule has 1 aliphatic rings. The summed E-state index contributed by atoms with van der Waals surface area (Å²) >= 11 is 1.57. The number of nitrogens with zero attached hydrogens (tertiary/aromatic N) is 3. The van der Waals surface area contributed by atoms with Crippen molar-refractivity contribution in [3.8, 4) is 10.6 Å². The monoisotopic (exact) mass is 330 g/mol. The predicted molar refractivity (Wildman–Crippen MR) is 90.1 cm³/mol. The van der Waals surface area contributed by atoms with Crippen molar-refractivity contribution in [2.75, 3.05) is 31.9 Å². The van der Waals surface area contributed by atoms with Crippen molar-refractivity contribution in [3.05, 3.63) is 35.3 Å². The predicted octanol–water partition coefficient (Wildman–Crippen LogP) is 1.70. The Hall–Kier alpha value is -2.41. The molecule has 0 bridgehead atoms. The number of nitrogens with two attached hydrogens (primary N) is 1. The fraction of sp³-hybridized carbons (Fsp3) is 0.312. The van der Waals surface area contributed by atoms with Gasteiger partial charge in [-0.05, 0) is 23.6 Å². The van der Waals surface area contributed by atoms with Crippen LogP contribution in [0, 0.1) is 0 Å². The molecule has 1 fully saturated rings. The minimum absolute atomic E-state index is 0.0365. The molecule has 1 aliphatic heterocycles. The van der Waals surface area contributed by atoms with Gasteiger partial charge in [-0.2, -0.15) is 0 Å². The summed E-state index contributed by atoms with van der Waals surface area (Å²) in [6.07, 6.45) is 0. The van der Waals surface area contributed by atoms with E-state index in [2.05, 4.69) is 4.98 Å².